The highest BCUT2D eigenvalue weighted by molar-refractivity contribution is 5.81. The molecule has 0 spiro atoms. The lowest BCUT2D eigenvalue weighted by molar-refractivity contribution is -0.139. The lowest BCUT2D eigenvalue weighted by Gasteiger charge is -2.14. The van der Waals surface area contributed by atoms with Crippen molar-refractivity contribution in [3.05, 3.63) is 69.9 Å². The van der Waals surface area contributed by atoms with Crippen LogP contribution in [-0.2, 0) is 17.5 Å². The first kappa shape index (κ1) is 22.9. The molecule has 0 bridgehead atoms. The third kappa shape index (κ3) is 4.45. The lowest BCUT2D eigenvalue weighted by atomic mass is 10.1. The van der Waals surface area contributed by atoms with Gasteiger partial charge in [-0.3, -0.25) is 14.3 Å². The maximum Gasteiger partial charge on any atom is 0.420 e. The molecular weight excluding hydrogens is 465 g/mol. The number of pyridine rings is 1. The van der Waals surface area contributed by atoms with Crippen LogP contribution in [0.3, 0.4) is 0 Å². The number of para-hydroxylation sites is 1. The van der Waals surface area contributed by atoms with Crippen LogP contribution in [0.15, 0.2) is 47.5 Å². The minimum absolute atomic E-state index is 0.0153. The Morgan fingerprint density at radius 2 is 2.00 bits per heavy atom. The van der Waals surface area contributed by atoms with Crippen LogP contribution in [0.1, 0.15) is 42.6 Å². The van der Waals surface area contributed by atoms with Gasteiger partial charge < -0.3 is 14.2 Å². The van der Waals surface area contributed by atoms with Crippen molar-refractivity contribution in [2.24, 2.45) is 5.92 Å². The van der Waals surface area contributed by atoms with E-state index in [0.29, 0.717) is 16.6 Å². The van der Waals surface area contributed by atoms with Gasteiger partial charge in [-0.1, -0.05) is 12.1 Å². The van der Waals surface area contributed by atoms with Crippen molar-refractivity contribution in [2.45, 2.75) is 38.4 Å². The van der Waals surface area contributed by atoms with Gasteiger partial charge in [0.25, 0.3) is 0 Å². The first-order valence-electron chi connectivity index (χ1n) is 11.1. The number of benzene rings is 1. The van der Waals surface area contributed by atoms with Crippen LogP contribution in [0.4, 0.5) is 13.2 Å². The van der Waals surface area contributed by atoms with E-state index in [4.69, 9.17) is 4.74 Å². The number of ether oxygens (including phenoxy) is 1. The molecule has 0 radical (unpaired) electrons. The third-order valence-corrected chi connectivity index (χ3v) is 6.06. The van der Waals surface area contributed by atoms with Crippen molar-refractivity contribution in [3.8, 4) is 5.75 Å². The van der Waals surface area contributed by atoms with E-state index < -0.39 is 29.1 Å². The second-order valence-corrected chi connectivity index (χ2v) is 8.75. The van der Waals surface area contributed by atoms with Gasteiger partial charge in [0.2, 0.25) is 5.43 Å². The second-order valence-electron chi connectivity index (χ2n) is 8.75. The molecule has 11 heteroatoms. The van der Waals surface area contributed by atoms with E-state index in [9.17, 15) is 27.9 Å². The summed E-state index contributed by atoms with van der Waals surface area (Å²) in [7, 11) is 0. The number of imidazole rings is 1. The van der Waals surface area contributed by atoms with Gasteiger partial charge in [-0.2, -0.15) is 18.3 Å². The van der Waals surface area contributed by atoms with Gasteiger partial charge >= 0.3 is 12.1 Å². The summed E-state index contributed by atoms with van der Waals surface area (Å²) in [5, 5.41) is 14.0. The Kier molecular flexibility index (Phi) is 5.49. The van der Waals surface area contributed by atoms with Gasteiger partial charge in [-0.25, -0.2) is 4.98 Å². The van der Waals surface area contributed by atoms with Crippen LogP contribution in [0, 0.1) is 5.92 Å². The molecule has 35 heavy (non-hydrogen) atoms. The SMILES string of the molecule is CC(C(=O)O)c1nn(Cc2cn3cc(OCC4CC4)c(C(F)(F)F)cc3n2)c2ccccc2c1=O. The van der Waals surface area contributed by atoms with E-state index in [1.54, 1.807) is 30.5 Å². The highest BCUT2D eigenvalue weighted by Crippen LogP contribution is 2.38. The monoisotopic (exact) mass is 486 g/mol. The van der Waals surface area contributed by atoms with Crippen molar-refractivity contribution in [1.82, 2.24) is 19.2 Å². The highest BCUT2D eigenvalue weighted by atomic mass is 19.4. The maximum absolute atomic E-state index is 13.7. The zero-order valence-electron chi connectivity index (χ0n) is 18.6. The normalized spacial score (nSPS) is 15.0. The average Bonchev–Trinajstić information content (AvgIpc) is 3.56. The number of fused-ring (bicyclic) bond motifs is 2. The van der Waals surface area contributed by atoms with Gasteiger partial charge in [-0.05, 0) is 43.9 Å². The number of carbonyl (C=O) groups is 1. The third-order valence-electron chi connectivity index (χ3n) is 6.06. The molecule has 3 aromatic heterocycles. The first-order chi connectivity index (χ1) is 16.6. The number of carboxylic acids is 1. The number of aliphatic carboxylic acids is 1. The number of carboxylic acid groups (broad SMARTS) is 1. The molecule has 1 N–H and O–H groups in total. The molecule has 1 aliphatic carbocycles. The molecule has 1 fully saturated rings. The molecule has 1 aromatic carbocycles. The van der Waals surface area contributed by atoms with Crippen LogP contribution in [-0.4, -0.2) is 36.8 Å². The molecule has 1 aliphatic rings. The molecule has 1 unspecified atom stereocenters. The van der Waals surface area contributed by atoms with Crippen molar-refractivity contribution in [3.63, 3.8) is 0 Å². The summed E-state index contributed by atoms with van der Waals surface area (Å²) >= 11 is 0. The summed E-state index contributed by atoms with van der Waals surface area (Å²) in [6, 6.07) is 7.57. The number of aromatic nitrogens is 4. The number of hydrogen-bond donors (Lipinski definition) is 1. The number of halogens is 3. The smallest absolute Gasteiger partial charge is 0.420 e. The fourth-order valence-electron chi connectivity index (χ4n) is 3.90. The van der Waals surface area contributed by atoms with Gasteiger partial charge in [-0.15, -0.1) is 0 Å². The Labute approximate surface area is 196 Å². The van der Waals surface area contributed by atoms with Crippen LogP contribution in [0.5, 0.6) is 5.75 Å². The lowest BCUT2D eigenvalue weighted by Crippen LogP contribution is -2.24. The fraction of sp³-hybridized carbons (Fsp3) is 0.333. The fourth-order valence-corrected chi connectivity index (χ4v) is 3.90. The van der Waals surface area contributed by atoms with Crippen LogP contribution < -0.4 is 10.2 Å². The molecule has 3 heterocycles. The standard InChI is InChI=1S/C24H21F3N4O4/c1-13(23(33)34)21-22(32)16-4-2-3-5-18(16)31(29-21)10-15-9-30-11-19(35-12-14-6-7-14)17(24(25,26)27)8-20(30)28-15/h2-5,8-9,11,13-14H,6-7,10,12H2,1H3,(H,33,34). The van der Waals surface area contributed by atoms with Gasteiger partial charge in [0.05, 0.1) is 30.6 Å². The van der Waals surface area contributed by atoms with Gasteiger partial charge in [0, 0.05) is 11.6 Å². The largest absolute Gasteiger partial charge is 0.491 e. The molecule has 8 nitrogen and oxygen atoms in total. The predicted molar refractivity (Wildman–Crippen MR) is 120 cm³/mol. The summed E-state index contributed by atoms with van der Waals surface area (Å²) in [6.45, 7) is 1.62. The maximum atomic E-state index is 13.7. The van der Waals surface area contributed by atoms with E-state index in [-0.39, 0.29) is 36.2 Å². The predicted octanol–water partition coefficient (Wildman–Crippen LogP) is 4.09. The van der Waals surface area contributed by atoms with Crippen LogP contribution in [0.25, 0.3) is 16.6 Å². The number of alkyl halides is 3. The molecular formula is C24H21F3N4O4. The highest BCUT2D eigenvalue weighted by Gasteiger charge is 2.36. The molecule has 0 aliphatic heterocycles. The Bertz CT molecular complexity index is 1500. The minimum atomic E-state index is -4.61. The quantitative estimate of drug-likeness (QED) is 0.423. The van der Waals surface area contributed by atoms with Crippen LogP contribution >= 0.6 is 0 Å². The Morgan fingerprint density at radius 3 is 2.69 bits per heavy atom. The summed E-state index contributed by atoms with van der Waals surface area (Å²) in [5.41, 5.74) is -0.583. The van der Waals surface area contributed by atoms with Crippen LogP contribution in [0.2, 0.25) is 0 Å². The summed E-state index contributed by atoms with van der Waals surface area (Å²) in [5.74, 6) is -2.31. The van der Waals surface area contributed by atoms with Crippen molar-refractivity contribution in [2.75, 3.05) is 6.61 Å². The zero-order valence-corrected chi connectivity index (χ0v) is 18.6. The average molecular weight is 486 g/mol. The molecule has 0 amide bonds. The minimum Gasteiger partial charge on any atom is -0.491 e. The van der Waals surface area contributed by atoms with E-state index in [1.807, 2.05) is 0 Å². The van der Waals surface area contributed by atoms with Crippen molar-refractivity contribution in [1.29, 1.82) is 0 Å². The Hall–Kier alpha value is -3.89. The Morgan fingerprint density at radius 1 is 1.26 bits per heavy atom. The van der Waals surface area contributed by atoms with Crippen molar-refractivity contribution >= 4 is 22.5 Å². The Balaban J connectivity index is 1.57. The summed E-state index contributed by atoms with van der Waals surface area (Å²) in [4.78, 5) is 28.7. The van der Waals surface area contributed by atoms with E-state index in [0.717, 1.165) is 18.9 Å². The summed E-state index contributed by atoms with van der Waals surface area (Å²) in [6.07, 6.45) is 0.120. The number of rotatable bonds is 7. The zero-order chi connectivity index (χ0) is 24.9. The summed E-state index contributed by atoms with van der Waals surface area (Å²) < 4.78 is 49.4. The van der Waals surface area contributed by atoms with Gasteiger partial charge in [0.15, 0.2) is 0 Å². The van der Waals surface area contributed by atoms with E-state index in [1.165, 1.54) is 22.2 Å². The number of hydrogen-bond acceptors (Lipinski definition) is 5. The molecule has 182 valence electrons. The molecule has 1 saturated carbocycles. The van der Waals surface area contributed by atoms with E-state index in [2.05, 4.69) is 10.1 Å². The molecule has 0 saturated heterocycles. The van der Waals surface area contributed by atoms with E-state index >= 15 is 0 Å². The molecule has 5 rings (SSSR count). The first-order valence-corrected chi connectivity index (χ1v) is 11.1. The number of nitrogens with zero attached hydrogens (tertiary/aromatic N) is 4. The van der Waals surface area contributed by atoms with Crippen molar-refractivity contribution < 1.29 is 27.8 Å². The second kappa shape index (κ2) is 8.40. The van der Waals surface area contributed by atoms with Gasteiger partial charge in [0.1, 0.15) is 28.6 Å². The topological polar surface area (TPSA) is 98.7 Å². The molecule has 4 aromatic rings. The molecule has 1 atom stereocenters.